The summed E-state index contributed by atoms with van der Waals surface area (Å²) in [6.45, 7) is 4.00. The van der Waals surface area contributed by atoms with Gasteiger partial charge in [0.05, 0.1) is 0 Å². The molecule has 2 aliphatic carbocycles. The maximum Gasteiger partial charge on any atom is 0.247 e. The number of allylic oxidation sites excluding steroid dienone is 2. The van der Waals surface area contributed by atoms with Gasteiger partial charge in [-0.3, -0.25) is 29.7 Å². The van der Waals surface area contributed by atoms with Gasteiger partial charge in [-0.25, -0.2) is 0 Å². The summed E-state index contributed by atoms with van der Waals surface area (Å²) in [5.41, 5.74) is 1.78. The minimum absolute atomic E-state index is 0.0532. The second kappa shape index (κ2) is 37.2. The van der Waals surface area contributed by atoms with Crippen LogP contribution in [-0.4, -0.2) is 78.8 Å². The lowest BCUT2D eigenvalue weighted by molar-refractivity contribution is -0.904. The van der Waals surface area contributed by atoms with Gasteiger partial charge in [0.2, 0.25) is 18.0 Å². The summed E-state index contributed by atoms with van der Waals surface area (Å²) in [4.78, 5) is 37.3. The van der Waals surface area contributed by atoms with E-state index in [2.05, 4.69) is 41.7 Å². The number of hydrogen-bond donors (Lipinski definition) is 4. The van der Waals surface area contributed by atoms with E-state index in [9.17, 15) is 14.4 Å². The van der Waals surface area contributed by atoms with Gasteiger partial charge in [0.1, 0.15) is 22.6 Å². The van der Waals surface area contributed by atoms with Crippen LogP contribution < -0.4 is 10.3 Å². The number of aromatic nitrogens is 8. The van der Waals surface area contributed by atoms with Crippen LogP contribution >= 0.6 is 0 Å². The number of fused-ring (bicyclic) bond motifs is 1. The number of benzene rings is 1. The number of aromatic amines is 3. The van der Waals surface area contributed by atoms with E-state index in [4.69, 9.17) is 14.7 Å². The molecule has 60 heavy (non-hydrogen) atoms. The number of pyridine rings is 3. The number of ketones is 2. The Bertz CT molecular complexity index is 1780. The van der Waals surface area contributed by atoms with Crippen LogP contribution in [0.15, 0.2) is 145 Å². The average Bonchev–Trinajstić information content (AvgIpc) is 4.08. The molecule has 0 unspecified atom stereocenters. The second-order valence-corrected chi connectivity index (χ2v) is 13.3. The molecule has 10 rings (SSSR count). The molecule has 0 spiro atoms. The third-order valence-electron chi connectivity index (χ3n) is 8.24. The van der Waals surface area contributed by atoms with Gasteiger partial charge in [-0.2, -0.15) is 20.5 Å². The van der Waals surface area contributed by atoms with Crippen molar-refractivity contribution in [3.8, 4) is 0 Å². The number of Topliss-reactive ketones (excluding diaryl/α,β-unsaturated/α-hetero) is 2. The predicted octanol–water partition coefficient (Wildman–Crippen LogP) is 8.22. The highest BCUT2D eigenvalue weighted by molar-refractivity contribution is 5.80. The summed E-state index contributed by atoms with van der Waals surface area (Å²) in [5, 5.41) is 25.1. The fourth-order valence-corrected chi connectivity index (χ4v) is 5.08. The Morgan fingerprint density at radius 2 is 1.13 bits per heavy atom. The highest BCUT2D eigenvalue weighted by atomic mass is 16.5. The van der Waals surface area contributed by atoms with E-state index in [1.807, 2.05) is 60.7 Å². The second-order valence-electron chi connectivity index (χ2n) is 13.3. The molecule has 5 aromatic heterocycles. The van der Waals surface area contributed by atoms with Gasteiger partial charge in [-0.05, 0) is 94.2 Å². The molecule has 0 amide bonds. The number of ether oxygens (including phenoxy) is 2. The predicted molar refractivity (Wildman–Crippen MR) is 233 cm³/mol. The Morgan fingerprint density at radius 3 is 1.40 bits per heavy atom. The first-order chi connectivity index (χ1) is 29.5. The topological polar surface area (TPSA) is 193 Å². The van der Waals surface area contributed by atoms with Crippen LogP contribution in [0, 0.1) is 0 Å². The Kier molecular flexibility index (Phi) is 31.0. The van der Waals surface area contributed by atoms with Gasteiger partial charge < -0.3 is 14.5 Å². The molecule has 1 saturated carbocycles. The minimum Gasteiger partial charge on any atom is -0.381 e. The first kappa shape index (κ1) is 50.0. The van der Waals surface area contributed by atoms with Crippen molar-refractivity contribution in [3.05, 3.63) is 151 Å². The van der Waals surface area contributed by atoms with Crippen LogP contribution in [0.25, 0.3) is 11.0 Å². The monoisotopic (exact) mass is 823 g/mol. The maximum absolute atomic E-state index is 10.5. The maximum atomic E-state index is 10.5. The summed E-state index contributed by atoms with van der Waals surface area (Å²) >= 11 is 0. The molecule has 0 bridgehead atoms. The highest BCUT2D eigenvalue weighted by Crippen LogP contribution is 2.12. The van der Waals surface area contributed by atoms with Crippen molar-refractivity contribution < 1.29 is 29.0 Å². The van der Waals surface area contributed by atoms with Gasteiger partial charge in [-0.15, -0.1) is 0 Å². The van der Waals surface area contributed by atoms with Gasteiger partial charge in [0.15, 0.2) is 0 Å². The first-order valence-electron chi connectivity index (χ1n) is 20.7. The van der Waals surface area contributed by atoms with Gasteiger partial charge in [-0.1, -0.05) is 48.9 Å². The Balaban J connectivity index is 0.000000234. The van der Waals surface area contributed by atoms with Crippen LogP contribution in [-0.2, 0) is 19.1 Å². The SMILES string of the molecule is C1CCOCC1.C1CCOCC1.O=C1CC=CCC1.O=C1CCCCC1.O=c1cccc[nH]1.O[n+]1ccccc1.c1ccc2n[nH]nc2c1.c1ccncc1.c1cn[nH]c1. The molecule has 2 saturated heterocycles. The fourth-order valence-electron chi connectivity index (χ4n) is 5.08. The molecule has 4 aliphatic rings. The van der Waals surface area contributed by atoms with Crippen LogP contribution in [0.4, 0.5) is 0 Å². The van der Waals surface area contributed by atoms with Crippen molar-refractivity contribution in [3.63, 3.8) is 0 Å². The van der Waals surface area contributed by atoms with Gasteiger partial charge in [0, 0.05) is 106 Å². The molecule has 0 atom stereocenters. The van der Waals surface area contributed by atoms with Crippen molar-refractivity contribution in [2.75, 3.05) is 26.4 Å². The van der Waals surface area contributed by atoms with E-state index >= 15 is 0 Å². The zero-order valence-electron chi connectivity index (χ0n) is 34.7. The molecular weight excluding hydrogens is 761 g/mol. The molecule has 322 valence electrons. The van der Waals surface area contributed by atoms with E-state index in [0.717, 1.165) is 80.7 Å². The smallest absolute Gasteiger partial charge is 0.247 e. The summed E-state index contributed by atoms with van der Waals surface area (Å²) in [6.07, 6.45) is 31.1. The number of nitrogens with one attached hydrogen (secondary N) is 3. The van der Waals surface area contributed by atoms with Gasteiger partial charge in [0.25, 0.3) is 0 Å². The van der Waals surface area contributed by atoms with Crippen LogP contribution in [0.5, 0.6) is 0 Å². The molecule has 7 heterocycles. The minimum atomic E-state index is -0.0532. The highest BCUT2D eigenvalue weighted by Gasteiger charge is 2.06. The number of carbonyl (C=O) groups is 2. The Hall–Kier alpha value is -6.12. The number of hydrogen-bond acceptors (Lipinski definition) is 10. The number of rotatable bonds is 0. The van der Waals surface area contributed by atoms with E-state index in [-0.39, 0.29) is 5.56 Å². The lowest BCUT2D eigenvalue weighted by atomic mass is 10.00. The molecule has 1 aromatic carbocycles. The quantitative estimate of drug-likeness (QED) is 0.0659. The summed E-state index contributed by atoms with van der Waals surface area (Å²) in [7, 11) is 0. The van der Waals surface area contributed by atoms with E-state index < -0.39 is 0 Å². The molecule has 3 fully saturated rings. The number of H-pyrrole nitrogens is 3. The zero-order chi connectivity index (χ0) is 42.8. The van der Waals surface area contributed by atoms with E-state index in [1.54, 1.807) is 67.6 Å². The van der Waals surface area contributed by atoms with Crippen molar-refractivity contribution in [1.29, 1.82) is 0 Å². The van der Waals surface area contributed by atoms with Crippen LogP contribution in [0.1, 0.15) is 89.9 Å². The van der Waals surface area contributed by atoms with E-state index in [0.29, 0.717) is 18.0 Å². The Morgan fingerprint density at radius 1 is 0.550 bits per heavy atom. The lowest BCUT2D eigenvalue weighted by Crippen LogP contribution is -2.27. The van der Waals surface area contributed by atoms with E-state index in [1.165, 1.54) is 51.0 Å². The number of nitrogens with zero attached hydrogens (tertiary/aromatic N) is 5. The average molecular weight is 824 g/mol. The summed E-state index contributed by atoms with van der Waals surface area (Å²) in [6, 6.07) is 25.5. The van der Waals surface area contributed by atoms with Crippen molar-refractivity contribution >= 4 is 22.6 Å². The Labute approximate surface area is 353 Å². The fraction of sp³-hybridized carbons (Fsp3) is 0.391. The molecule has 6 aromatic rings. The largest absolute Gasteiger partial charge is 0.381 e. The van der Waals surface area contributed by atoms with Crippen molar-refractivity contribution in [1.82, 2.24) is 35.6 Å². The van der Waals surface area contributed by atoms with Crippen LogP contribution in [0.3, 0.4) is 0 Å². The standard InChI is InChI=1S/C6H5N3.C6H10O.C6H8O.C5H6NO.C5H5NO.C5H5N.2C5H10O.C3H4N2/c1-2-4-6-5(3-1)7-9-8-6;3*7-6-4-2-1-3-5-6;7-5-3-1-2-4-6-5;3*1-2-4-6-5-3-1;1-2-4-5-3-1/h1-4H,(H,7,8,9);1-5H2;1-2H,3-5H2;1-5,7H;1-4H,(H,6,7);1-5H;2*1-5H2;1-3H,(H,4,5)/q;;;+1;;;;;. The zero-order valence-corrected chi connectivity index (χ0v) is 34.7. The number of para-hydroxylation sites is 2. The number of carbonyl (C=O) groups excluding carboxylic acids is 2. The molecule has 2 aliphatic heterocycles. The molecule has 0 radical (unpaired) electrons. The molecule has 4 N–H and O–H groups in total. The first-order valence-corrected chi connectivity index (χ1v) is 20.7. The lowest BCUT2D eigenvalue weighted by Gasteiger charge is -2.08. The van der Waals surface area contributed by atoms with Crippen molar-refractivity contribution in [2.45, 2.75) is 89.9 Å². The van der Waals surface area contributed by atoms with Gasteiger partial charge >= 0.3 is 0 Å². The third kappa shape index (κ3) is 30.9. The molecule has 14 heteroatoms. The molecule has 14 nitrogen and oxygen atoms in total. The molecular formula is C46H63N8O6+. The van der Waals surface area contributed by atoms with Crippen molar-refractivity contribution in [2.24, 2.45) is 0 Å². The van der Waals surface area contributed by atoms with Crippen LogP contribution in [0.2, 0.25) is 0 Å². The summed E-state index contributed by atoms with van der Waals surface area (Å²) < 4.78 is 11.1. The normalized spacial score (nSPS) is 14.8. The third-order valence-corrected chi connectivity index (χ3v) is 8.24. The summed E-state index contributed by atoms with van der Waals surface area (Å²) in [5.74, 6) is 0.841.